The number of hydrogen-bond acceptors (Lipinski definition) is 0. The summed E-state index contributed by atoms with van der Waals surface area (Å²) in [5.41, 5.74) is 0. The summed E-state index contributed by atoms with van der Waals surface area (Å²) in [6.07, 6.45) is 6.89. The average Bonchev–Trinajstić information content (AvgIpc) is 1.61. The standard InChI is InChI=1S/C6H10.2O.Ti/c1-3-5-6-4-2;;;/h3,5-6H,1,4H2,2H3;;;/q;2*-2;+4. The third-order valence-electron chi connectivity index (χ3n) is 0.508. The van der Waals surface area contributed by atoms with Crippen LogP contribution in [0.25, 0.3) is 0 Å². The number of allylic oxidation sites excluding steroid dienone is 3. The number of rotatable bonds is 2. The molecule has 0 aliphatic rings. The van der Waals surface area contributed by atoms with Crippen LogP contribution < -0.4 is 0 Å². The quantitative estimate of drug-likeness (QED) is 0.439. The average molecular weight is 162 g/mol. The van der Waals surface area contributed by atoms with Crippen LogP contribution in [0.4, 0.5) is 0 Å². The first-order valence-corrected chi connectivity index (χ1v) is 2.19. The van der Waals surface area contributed by atoms with Crippen molar-refractivity contribution >= 4 is 0 Å². The Morgan fingerprint density at radius 2 is 1.78 bits per heavy atom. The Bertz CT molecular complexity index is 62.1. The Labute approximate surface area is 71.2 Å². The van der Waals surface area contributed by atoms with E-state index in [2.05, 4.69) is 19.6 Å². The third-order valence-corrected chi connectivity index (χ3v) is 0.508. The van der Waals surface area contributed by atoms with Crippen LogP contribution in [0, 0.1) is 0 Å². The Morgan fingerprint density at radius 1 is 1.33 bits per heavy atom. The van der Waals surface area contributed by atoms with Gasteiger partial charge >= 0.3 is 21.7 Å². The third kappa shape index (κ3) is 31.3. The molecule has 0 aliphatic heterocycles. The van der Waals surface area contributed by atoms with Crippen molar-refractivity contribution in [2.24, 2.45) is 0 Å². The van der Waals surface area contributed by atoms with Gasteiger partial charge in [0.05, 0.1) is 0 Å². The molecule has 0 fully saturated rings. The minimum absolute atomic E-state index is 0. The van der Waals surface area contributed by atoms with Crippen molar-refractivity contribution < 1.29 is 32.7 Å². The van der Waals surface area contributed by atoms with E-state index in [1.807, 2.05) is 6.08 Å². The van der Waals surface area contributed by atoms with Crippen LogP contribution in [0.2, 0.25) is 0 Å². The molecule has 50 valence electrons. The summed E-state index contributed by atoms with van der Waals surface area (Å²) in [5, 5.41) is 0. The molecule has 2 nitrogen and oxygen atoms in total. The largest absolute Gasteiger partial charge is 4.00 e. The number of hydrogen-bond donors (Lipinski definition) is 0. The molecule has 0 aromatic rings. The van der Waals surface area contributed by atoms with Gasteiger partial charge in [0.15, 0.2) is 0 Å². The Balaban J connectivity index is -0.0000000417. The van der Waals surface area contributed by atoms with Gasteiger partial charge in [-0.3, -0.25) is 0 Å². The molecule has 0 aromatic carbocycles. The van der Waals surface area contributed by atoms with Crippen molar-refractivity contribution in [2.45, 2.75) is 13.3 Å². The first kappa shape index (κ1) is 22.9. The van der Waals surface area contributed by atoms with E-state index in [9.17, 15) is 0 Å². The summed E-state index contributed by atoms with van der Waals surface area (Å²) < 4.78 is 0. The fourth-order valence-electron chi connectivity index (χ4n) is 0.232. The van der Waals surface area contributed by atoms with Gasteiger partial charge in [0.1, 0.15) is 0 Å². The second kappa shape index (κ2) is 24.3. The SMILES string of the molecule is C=CC=CCC.[O-2].[O-2].[Ti+4]. The van der Waals surface area contributed by atoms with Gasteiger partial charge in [-0.15, -0.1) is 0 Å². The molecule has 0 aliphatic carbocycles. The molecular formula is C6H10O2Ti. The predicted octanol–water partition coefficient (Wildman–Crippen LogP) is 1.90. The van der Waals surface area contributed by atoms with E-state index < -0.39 is 0 Å². The first-order valence-electron chi connectivity index (χ1n) is 2.19. The van der Waals surface area contributed by atoms with Gasteiger partial charge in [0.25, 0.3) is 0 Å². The van der Waals surface area contributed by atoms with Crippen molar-refractivity contribution in [3.8, 4) is 0 Å². The van der Waals surface area contributed by atoms with Gasteiger partial charge in [-0.05, 0) is 6.42 Å². The summed E-state index contributed by atoms with van der Waals surface area (Å²) >= 11 is 0. The van der Waals surface area contributed by atoms with Crippen LogP contribution in [-0.4, -0.2) is 0 Å². The molecular weight excluding hydrogens is 152 g/mol. The van der Waals surface area contributed by atoms with Crippen molar-refractivity contribution in [3.05, 3.63) is 24.8 Å². The smallest absolute Gasteiger partial charge is 2.00 e. The molecule has 0 heterocycles. The predicted molar refractivity (Wildman–Crippen MR) is 31.0 cm³/mol. The van der Waals surface area contributed by atoms with E-state index in [-0.39, 0.29) is 32.7 Å². The maximum Gasteiger partial charge on any atom is 4.00 e. The van der Waals surface area contributed by atoms with Crippen LogP contribution in [0.1, 0.15) is 13.3 Å². The van der Waals surface area contributed by atoms with Crippen molar-refractivity contribution in [2.75, 3.05) is 0 Å². The molecule has 3 heteroatoms. The molecule has 0 atom stereocenters. The van der Waals surface area contributed by atoms with Gasteiger partial charge in [0, 0.05) is 0 Å². The Hall–Kier alpha value is 0.114. The summed E-state index contributed by atoms with van der Waals surface area (Å²) in [4.78, 5) is 0. The van der Waals surface area contributed by atoms with Crippen LogP contribution in [0.3, 0.4) is 0 Å². The van der Waals surface area contributed by atoms with Gasteiger partial charge in [-0.25, -0.2) is 0 Å². The second-order valence-electron chi connectivity index (χ2n) is 1.07. The fourth-order valence-corrected chi connectivity index (χ4v) is 0.232. The van der Waals surface area contributed by atoms with E-state index in [1.165, 1.54) is 0 Å². The fraction of sp³-hybridized carbons (Fsp3) is 0.333. The zero-order chi connectivity index (χ0) is 4.83. The second-order valence-corrected chi connectivity index (χ2v) is 1.07. The molecule has 0 N–H and O–H groups in total. The van der Waals surface area contributed by atoms with E-state index in [0.29, 0.717) is 0 Å². The molecule has 0 saturated heterocycles. The van der Waals surface area contributed by atoms with Crippen LogP contribution >= 0.6 is 0 Å². The molecule has 0 amide bonds. The van der Waals surface area contributed by atoms with Gasteiger partial charge < -0.3 is 11.0 Å². The maximum absolute atomic E-state index is 3.51. The zero-order valence-electron chi connectivity index (χ0n) is 5.46. The minimum atomic E-state index is 0. The Kier molecular flexibility index (Phi) is 61.8. The molecule has 0 unspecified atom stereocenters. The summed E-state index contributed by atoms with van der Waals surface area (Å²) in [6, 6.07) is 0. The van der Waals surface area contributed by atoms with Crippen molar-refractivity contribution in [1.82, 2.24) is 0 Å². The van der Waals surface area contributed by atoms with Gasteiger partial charge in [-0.2, -0.15) is 0 Å². The molecule has 9 heavy (non-hydrogen) atoms. The van der Waals surface area contributed by atoms with Crippen LogP contribution in [-0.2, 0) is 32.7 Å². The van der Waals surface area contributed by atoms with Crippen LogP contribution in [0.15, 0.2) is 24.8 Å². The molecule has 0 bridgehead atoms. The molecule has 0 rings (SSSR count). The van der Waals surface area contributed by atoms with E-state index in [1.54, 1.807) is 6.08 Å². The summed E-state index contributed by atoms with van der Waals surface area (Å²) in [6.45, 7) is 5.61. The van der Waals surface area contributed by atoms with Crippen molar-refractivity contribution in [3.63, 3.8) is 0 Å². The normalized spacial score (nSPS) is 6.33. The molecule has 0 radical (unpaired) electrons. The minimum Gasteiger partial charge on any atom is -2.00 e. The maximum atomic E-state index is 3.51. The van der Waals surface area contributed by atoms with Crippen LogP contribution in [0.5, 0.6) is 0 Å². The van der Waals surface area contributed by atoms with Crippen molar-refractivity contribution in [1.29, 1.82) is 0 Å². The van der Waals surface area contributed by atoms with E-state index in [0.717, 1.165) is 6.42 Å². The first-order chi connectivity index (χ1) is 2.91. The van der Waals surface area contributed by atoms with E-state index in [4.69, 9.17) is 0 Å². The molecule has 0 aromatic heterocycles. The topological polar surface area (TPSA) is 57.0 Å². The Morgan fingerprint density at radius 3 is 1.89 bits per heavy atom. The van der Waals surface area contributed by atoms with Gasteiger partial charge in [0.2, 0.25) is 0 Å². The molecule has 0 saturated carbocycles. The van der Waals surface area contributed by atoms with E-state index >= 15 is 0 Å². The zero-order valence-corrected chi connectivity index (χ0v) is 7.02. The summed E-state index contributed by atoms with van der Waals surface area (Å²) in [7, 11) is 0. The monoisotopic (exact) mass is 162 g/mol. The molecule has 0 spiro atoms. The summed E-state index contributed by atoms with van der Waals surface area (Å²) in [5.74, 6) is 0. The van der Waals surface area contributed by atoms with Gasteiger partial charge in [-0.1, -0.05) is 31.7 Å².